The Bertz CT molecular complexity index is 886. The van der Waals surface area contributed by atoms with Crippen molar-refractivity contribution < 1.29 is 9.32 Å². The first-order chi connectivity index (χ1) is 13.8. The van der Waals surface area contributed by atoms with E-state index in [4.69, 9.17) is 4.52 Å². The van der Waals surface area contributed by atoms with Crippen LogP contribution in [0.2, 0.25) is 0 Å². The maximum absolute atomic E-state index is 13.1. The molecule has 28 heavy (non-hydrogen) atoms. The van der Waals surface area contributed by atoms with Crippen LogP contribution in [-0.4, -0.2) is 27.0 Å². The molecular weight excluding hydrogens is 350 g/mol. The second-order valence-electron chi connectivity index (χ2n) is 7.35. The number of carbonyl (C=O) groups is 1. The summed E-state index contributed by atoms with van der Waals surface area (Å²) < 4.78 is 5.49. The summed E-state index contributed by atoms with van der Waals surface area (Å²) in [4.78, 5) is 19.6. The van der Waals surface area contributed by atoms with Gasteiger partial charge in [0.25, 0.3) is 0 Å². The van der Waals surface area contributed by atoms with Crippen LogP contribution in [0.5, 0.6) is 0 Å². The van der Waals surface area contributed by atoms with Gasteiger partial charge in [-0.2, -0.15) is 4.98 Å². The van der Waals surface area contributed by atoms with Crippen LogP contribution in [0.4, 0.5) is 0 Å². The van der Waals surface area contributed by atoms with Crippen LogP contribution in [0, 0.1) is 0 Å². The molecule has 0 bridgehead atoms. The lowest BCUT2D eigenvalue weighted by atomic mass is 9.93. The zero-order chi connectivity index (χ0) is 19.2. The highest BCUT2D eigenvalue weighted by Crippen LogP contribution is 2.25. The van der Waals surface area contributed by atoms with Crippen molar-refractivity contribution in [1.29, 1.82) is 0 Å². The Morgan fingerprint density at radius 3 is 2.36 bits per heavy atom. The molecule has 0 unspecified atom stereocenters. The van der Waals surface area contributed by atoms with Gasteiger partial charge in [-0.05, 0) is 18.4 Å². The van der Waals surface area contributed by atoms with E-state index < -0.39 is 0 Å². The molecule has 1 fully saturated rings. The summed E-state index contributed by atoms with van der Waals surface area (Å²) in [5.74, 6) is 1.18. The van der Waals surface area contributed by atoms with Crippen LogP contribution in [0.3, 0.4) is 0 Å². The van der Waals surface area contributed by atoms with E-state index in [9.17, 15) is 4.79 Å². The molecule has 1 aliphatic rings. The molecule has 144 valence electrons. The number of nitrogens with zero attached hydrogens (tertiary/aromatic N) is 3. The van der Waals surface area contributed by atoms with Crippen molar-refractivity contribution in [2.75, 3.05) is 0 Å². The van der Waals surface area contributed by atoms with Crippen LogP contribution in [0.25, 0.3) is 11.4 Å². The molecule has 0 aliphatic heterocycles. The highest BCUT2D eigenvalue weighted by Gasteiger charge is 2.27. The van der Waals surface area contributed by atoms with E-state index in [1.807, 2.05) is 65.6 Å². The molecule has 1 heterocycles. The Morgan fingerprint density at radius 1 is 0.964 bits per heavy atom. The quantitative estimate of drug-likeness (QED) is 0.630. The van der Waals surface area contributed by atoms with E-state index in [2.05, 4.69) is 10.1 Å². The van der Waals surface area contributed by atoms with Crippen LogP contribution in [0.1, 0.15) is 43.6 Å². The van der Waals surface area contributed by atoms with Crippen LogP contribution < -0.4 is 0 Å². The summed E-state index contributed by atoms with van der Waals surface area (Å²) in [5, 5.41) is 4.10. The molecule has 5 heteroatoms. The number of hydrogen-bond acceptors (Lipinski definition) is 4. The molecule has 3 aromatic rings. The number of hydrogen-bond donors (Lipinski definition) is 0. The number of rotatable bonds is 6. The number of aromatic nitrogens is 2. The van der Waals surface area contributed by atoms with E-state index in [0.29, 0.717) is 24.7 Å². The first-order valence-corrected chi connectivity index (χ1v) is 10.0. The van der Waals surface area contributed by atoms with E-state index >= 15 is 0 Å². The summed E-state index contributed by atoms with van der Waals surface area (Å²) in [7, 11) is 0. The largest absolute Gasteiger partial charge is 0.337 e. The van der Waals surface area contributed by atoms with E-state index in [1.54, 1.807) is 0 Å². The topological polar surface area (TPSA) is 59.2 Å². The lowest BCUT2D eigenvalue weighted by Gasteiger charge is -2.33. The summed E-state index contributed by atoms with van der Waals surface area (Å²) in [6, 6.07) is 19.9. The maximum atomic E-state index is 13.1. The fourth-order valence-corrected chi connectivity index (χ4v) is 3.85. The minimum atomic E-state index is 0.123. The van der Waals surface area contributed by atoms with Gasteiger partial charge in [0.15, 0.2) is 0 Å². The standard InChI is InChI=1S/C23H25N3O2/c27-22(16-18-10-4-1-5-11-18)26(20-14-8-3-9-15-20)17-21-24-23(25-28-21)19-12-6-2-7-13-19/h1-2,4-7,10-13,20H,3,8-9,14-17H2. The molecule has 0 spiro atoms. The molecule has 0 saturated heterocycles. The predicted octanol–water partition coefficient (Wildman–Crippen LogP) is 4.64. The molecule has 5 nitrogen and oxygen atoms in total. The van der Waals surface area contributed by atoms with Crippen molar-refractivity contribution >= 4 is 5.91 Å². The van der Waals surface area contributed by atoms with E-state index in [0.717, 1.165) is 24.0 Å². The number of benzene rings is 2. The zero-order valence-electron chi connectivity index (χ0n) is 16.0. The predicted molar refractivity (Wildman–Crippen MR) is 107 cm³/mol. The van der Waals surface area contributed by atoms with Gasteiger partial charge in [-0.25, -0.2) is 0 Å². The first kappa shape index (κ1) is 18.4. The Hall–Kier alpha value is -2.95. The normalized spacial score (nSPS) is 14.7. The van der Waals surface area contributed by atoms with Gasteiger partial charge < -0.3 is 9.42 Å². The Balaban J connectivity index is 1.52. The molecular formula is C23H25N3O2. The SMILES string of the molecule is O=C(Cc1ccccc1)N(Cc1nc(-c2ccccc2)no1)C1CCCCC1. The van der Waals surface area contributed by atoms with Crippen molar-refractivity contribution in [2.24, 2.45) is 0 Å². The second kappa shape index (κ2) is 8.83. The third-order valence-electron chi connectivity index (χ3n) is 5.34. The van der Waals surface area contributed by atoms with Crippen molar-refractivity contribution in [2.45, 2.75) is 51.1 Å². The van der Waals surface area contributed by atoms with Gasteiger partial charge in [-0.15, -0.1) is 0 Å². The van der Waals surface area contributed by atoms with Crippen LogP contribution in [-0.2, 0) is 17.8 Å². The molecule has 1 aromatic heterocycles. The van der Waals surface area contributed by atoms with Gasteiger partial charge in [-0.3, -0.25) is 4.79 Å². The molecule has 1 amide bonds. The number of amides is 1. The molecule has 0 atom stereocenters. The average Bonchev–Trinajstić information content (AvgIpc) is 3.23. The minimum Gasteiger partial charge on any atom is -0.337 e. The molecule has 2 aromatic carbocycles. The van der Waals surface area contributed by atoms with Crippen molar-refractivity contribution in [3.05, 3.63) is 72.1 Å². The fourth-order valence-electron chi connectivity index (χ4n) is 3.85. The van der Waals surface area contributed by atoms with Crippen molar-refractivity contribution in [3.63, 3.8) is 0 Å². The number of carbonyl (C=O) groups excluding carboxylic acids is 1. The Morgan fingerprint density at radius 2 is 1.64 bits per heavy atom. The third-order valence-corrected chi connectivity index (χ3v) is 5.34. The van der Waals surface area contributed by atoms with Gasteiger partial charge >= 0.3 is 0 Å². The lowest BCUT2D eigenvalue weighted by Crippen LogP contribution is -2.41. The fraction of sp³-hybridized carbons (Fsp3) is 0.348. The lowest BCUT2D eigenvalue weighted by molar-refractivity contribution is -0.134. The van der Waals surface area contributed by atoms with E-state index in [1.165, 1.54) is 19.3 Å². The molecule has 1 aliphatic carbocycles. The van der Waals surface area contributed by atoms with E-state index in [-0.39, 0.29) is 11.9 Å². The van der Waals surface area contributed by atoms with Crippen molar-refractivity contribution in [1.82, 2.24) is 15.0 Å². The van der Waals surface area contributed by atoms with Gasteiger partial charge in [0, 0.05) is 11.6 Å². The summed E-state index contributed by atoms with van der Waals surface area (Å²) in [6.45, 7) is 0.371. The molecule has 0 radical (unpaired) electrons. The summed E-state index contributed by atoms with van der Waals surface area (Å²) >= 11 is 0. The second-order valence-corrected chi connectivity index (χ2v) is 7.35. The van der Waals surface area contributed by atoms with Crippen LogP contribution >= 0.6 is 0 Å². The van der Waals surface area contributed by atoms with Crippen LogP contribution in [0.15, 0.2) is 65.2 Å². The highest BCUT2D eigenvalue weighted by atomic mass is 16.5. The molecule has 1 saturated carbocycles. The summed E-state index contributed by atoms with van der Waals surface area (Å²) in [5.41, 5.74) is 1.95. The third kappa shape index (κ3) is 4.47. The Labute approximate surface area is 165 Å². The van der Waals surface area contributed by atoms with Gasteiger partial charge in [0.1, 0.15) is 6.54 Å². The smallest absolute Gasteiger partial charge is 0.246 e. The van der Waals surface area contributed by atoms with Gasteiger partial charge in [0.2, 0.25) is 17.6 Å². The summed E-state index contributed by atoms with van der Waals surface area (Å²) in [6.07, 6.45) is 6.06. The monoisotopic (exact) mass is 375 g/mol. The molecule has 0 N–H and O–H groups in total. The minimum absolute atomic E-state index is 0.123. The van der Waals surface area contributed by atoms with Gasteiger partial charge in [-0.1, -0.05) is 85.1 Å². The van der Waals surface area contributed by atoms with Gasteiger partial charge in [0.05, 0.1) is 6.42 Å². The molecule has 4 rings (SSSR count). The Kier molecular flexibility index (Phi) is 5.80. The maximum Gasteiger partial charge on any atom is 0.246 e. The average molecular weight is 375 g/mol. The first-order valence-electron chi connectivity index (χ1n) is 10.0. The van der Waals surface area contributed by atoms with Crippen molar-refractivity contribution in [3.8, 4) is 11.4 Å². The zero-order valence-corrected chi connectivity index (χ0v) is 16.0. The highest BCUT2D eigenvalue weighted by molar-refractivity contribution is 5.79.